The Balaban J connectivity index is 2.69. The summed E-state index contributed by atoms with van der Waals surface area (Å²) in [5.74, 6) is 4.22. The largest absolute Gasteiger partial charge is 0.374 e. The highest BCUT2D eigenvalue weighted by Crippen LogP contribution is 2.11. The van der Waals surface area contributed by atoms with Crippen molar-refractivity contribution >= 4 is 5.69 Å². The van der Waals surface area contributed by atoms with E-state index < -0.39 is 11.6 Å². The lowest BCUT2D eigenvalue weighted by Gasteiger charge is -2.01. The molecule has 0 spiro atoms. The van der Waals surface area contributed by atoms with Crippen LogP contribution in [0.3, 0.4) is 0 Å². The molecule has 0 radical (unpaired) electrons. The molecule has 1 nitrogen and oxygen atoms in total. The SMILES string of the molecule is CC#CCNc1cc(F)cc(F)c1. The molecular formula is C10H9F2N. The number of anilines is 1. The normalized spacial score (nSPS) is 8.85. The molecule has 0 fully saturated rings. The first-order valence-corrected chi connectivity index (χ1v) is 3.82. The van der Waals surface area contributed by atoms with Gasteiger partial charge in [0.1, 0.15) is 11.6 Å². The first-order chi connectivity index (χ1) is 6.22. The summed E-state index contributed by atoms with van der Waals surface area (Å²) < 4.78 is 25.2. The van der Waals surface area contributed by atoms with Crippen molar-refractivity contribution in [2.24, 2.45) is 0 Å². The molecule has 0 aliphatic heterocycles. The average molecular weight is 181 g/mol. The predicted octanol–water partition coefficient (Wildman–Crippen LogP) is 2.40. The molecule has 1 N–H and O–H groups in total. The second-order valence-electron chi connectivity index (χ2n) is 2.44. The highest BCUT2D eigenvalue weighted by molar-refractivity contribution is 5.44. The van der Waals surface area contributed by atoms with Gasteiger partial charge in [-0.3, -0.25) is 0 Å². The third-order valence-electron chi connectivity index (χ3n) is 1.42. The van der Waals surface area contributed by atoms with Crippen LogP contribution >= 0.6 is 0 Å². The van der Waals surface area contributed by atoms with Crippen LogP contribution in [0.15, 0.2) is 18.2 Å². The van der Waals surface area contributed by atoms with Crippen LogP contribution < -0.4 is 5.32 Å². The second-order valence-corrected chi connectivity index (χ2v) is 2.44. The van der Waals surface area contributed by atoms with Gasteiger partial charge in [0.25, 0.3) is 0 Å². The molecule has 0 saturated heterocycles. The minimum Gasteiger partial charge on any atom is -0.374 e. The van der Waals surface area contributed by atoms with E-state index in [4.69, 9.17) is 0 Å². The Morgan fingerprint density at radius 3 is 2.38 bits per heavy atom. The van der Waals surface area contributed by atoms with Crippen LogP contribution in [0.5, 0.6) is 0 Å². The number of hydrogen-bond acceptors (Lipinski definition) is 1. The fourth-order valence-electron chi connectivity index (χ4n) is 0.891. The Bertz CT molecular complexity index is 329. The molecule has 0 aliphatic carbocycles. The van der Waals surface area contributed by atoms with Gasteiger partial charge in [0.15, 0.2) is 0 Å². The Kier molecular flexibility index (Phi) is 3.27. The van der Waals surface area contributed by atoms with Crippen molar-refractivity contribution in [2.75, 3.05) is 11.9 Å². The number of rotatable bonds is 2. The van der Waals surface area contributed by atoms with Crippen molar-refractivity contribution in [3.05, 3.63) is 29.8 Å². The predicted molar refractivity (Wildman–Crippen MR) is 48.3 cm³/mol. The van der Waals surface area contributed by atoms with E-state index in [1.165, 1.54) is 12.1 Å². The van der Waals surface area contributed by atoms with Gasteiger partial charge < -0.3 is 5.32 Å². The summed E-state index contributed by atoms with van der Waals surface area (Å²) in [5, 5.41) is 2.77. The maximum absolute atomic E-state index is 12.6. The zero-order chi connectivity index (χ0) is 9.68. The van der Waals surface area contributed by atoms with Gasteiger partial charge in [-0.25, -0.2) is 8.78 Å². The van der Waals surface area contributed by atoms with Crippen LogP contribution in [0.2, 0.25) is 0 Å². The highest BCUT2D eigenvalue weighted by Gasteiger charge is 1.98. The summed E-state index contributed by atoms with van der Waals surface area (Å²) in [6.45, 7) is 2.09. The Morgan fingerprint density at radius 1 is 1.23 bits per heavy atom. The number of nitrogens with one attached hydrogen (secondary N) is 1. The average Bonchev–Trinajstić information content (AvgIpc) is 2.03. The van der Waals surface area contributed by atoms with Crippen LogP contribution in [0.1, 0.15) is 6.92 Å². The minimum atomic E-state index is -0.591. The van der Waals surface area contributed by atoms with Gasteiger partial charge in [0.05, 0.1) is 6.54 Å². The number of halogens is 2. The first-order valence-electron chi connectivity index (χ1n) is 3.82. The summed E-state index contributed by atoms with van der Waals surface area (Å²) >= 11 is 0. The van der Waals surface area contributed by atoms with Crippen LogP contribution in [-0.4, -0.2) is 6.54 Å². The molecule has 1 aromatic rings. The zero-order valence-corrected chi connectivity index (χ0v) is 7.20. The van der Waals surface area contributed by atoms with Gasteiger partial charge in [-0.2, -0.15) is 0 Å². The molecule has 0 heterocycles. The molecular weight excluding hydrogens is 172 g/mol. The third kappa shape index (κ3) is 3.12. The minimum absolute atomic E-state index is 0.388. The van der Waals surface area contributed by atoms with Crippen LogP contribution in [-0.2, 0) is 0 Å². The number of benzene rings is 1. The van der Waals surface area contributed by atoms with E-state index >= 15 is 0 Å². The summed E-state index contributed by atoms with van der Waals surface area (Å²) in [6, 6.07) is 3.28. The van der Waals surface area contributed by atoms with Crippen molar-refractivity contribution in [1.82, 2.24) is 0 Å². The summed E-state index contributed by atoms with van der Waals surface area (Å²) in [7, 11) is 0. The Morgan fingerprint density at radius 2 is 1.85 bits per heavy atom. The monoisotopic (exact) mass is 181 g/mol. The third-order valence-corrected chi connectivity index (χ3v) is 1.42. The zero-order valence-electron chi connectivity index (χ0n) is 7.20. The Labute approximate surface area is 75.8 Å². The summed E-state index contributed by atoms with van der Waals surface area (Å²) in [5.41, 5.74) is 0.403. The summed E-state index contributed by atoms with van der Waals surface area (Å²) in [4.78, 5) is 0. The van der Waals surface area contributed by atoms with Gasteiger partial charge >= 0.3 is 0 Å². The molecule has 1 rings (SSSR count). The molecule has 0 aliphatic rings. The van der Waals surface area contributed by atoms with E-state index in [-0.39, 0.29) is 0 Å². The second kappa shape index (κ2) is 4.46. The molecule has 13 heavy (non-hydrogen) atoms. The van der Waals surface area contributed by atoms with Gasteiger partial charge in [-0.1, -0.05) is 5.92 Å². The molecule has 0 unspecified atom stereocenters. The van der Waals surface area contributed by atoms with E-state index in [9.17, 15) is 8.78 Å². The van der Waals surface area contributed by atoms with Crippen LogP contribution in [0.4, 0.5) is 14.5 Å². The fourth-order valence-corrected chi connectivity index (χ4v) is 0.891. The lowest BCUT2D eigenvalue weighted by Crippen LogP contribution is -1.99. The standard InChI is InChI=1S/C10H9F2N/c1-2-3-4-13-10-6-8(11)5-9(12)7-10/h5-7,13H,4H2,1H3. The topological polar surface area (TPSA) is 12.0 Å². The fraction of sp³-hybridized carbons (Fsp3) is 0.200. The van der Waals surface area contributed by atoms with E-state index in [1.807, 2.05) is 0 Å². The lowest BCUT2D eigenvalue weighted by molar-refractivity contribution is 0.584. The van der Waals surface area contributed by atoms with Gasteiger partial charge in [-0.15, -0.1) is 5.92 Å². The van der Waals surface area contributed by atoms with Crippen molar-refractivity contribution in [1.29, 1.82) is 0 Å². The van der Waals surface area contributed by atoms with Crippen molar-refractivity contribution in [3.63, 3.8) is 0 Å². The molecule has 0 amide bonds. The Hall–Kier alpha value is -1.56. The molecule has 1 aromatic carbocycles. The van der Waals surface area contributed by atoms with Gasteiger partial charge in [0.2, 0.25) is 0 Å². The first kappa shape index (κ1) is 9.53. The molecule has 0 aromatic heterocycles. The van der Waals surface area contributed by atoms with Crippen molar-refractivity contribution in [2.45, 2.75) is 6.92 Å². The molecule has 3 heteroatoms. The van der Waals surface area contributed by atoms with Crippen LogP contribution in [0, 0.1) is 23.5 Å². The molecule has 0 bridgehead atoms. The van der Waals surface area contributed by atoms with E-state index in [1.54, 1.807) is 6.92 Å². The maximum Gasteiger partial charge on any atom is 0.128 e. The van der Waals surface area contributed by atoms with Crippen molar-refractivity contribution in [3.8, 4) is 11.8 Å². The van der Waals surface area contributed by atoms with E-state index in [0.29, 0.717) is 12.2 Å². The van der Waals surface area contributed by atoms with E-state index in [2.05, 4.69) is 17.2 Å². The van der Waals surface area contributed by atoms with Crippen LogP contribution in [0.25, 0.3) is 0 Å². The molecule has 0 atom stereocenters. The highest BCUT2D eigenvalue weighted by atomic mass is 19.1. The van der Waals surface area contributed by atoms with Gasteiger partial charge in [-0.05, 0) is 19.1 Å². The molecule has 0 saturated carbocycles. The van der Waals surface area contributed by atoms with Crippen molar-refractivity contribution < 1.29 is 8.78 Å². The number of hydrogen-bond donors (Lipinski definition) is 1. The van der Waals surface area contributed by atoms with Gasteiger partial charge in [0, 0.05) is 11.8 Å². The summed E-state index contributed by atoms with van der Waals surface area (Å²) in [6.07, 6.45) is 0. The quantitative estimate of drug-likeness (QED) is 0.691. The maximum atomic E-state index is 12.6. The smallest absolute Gasteiger partial charge is 0.128 e. The molecule has 68 valence electrons. The lowest BCUT2D eigenvalue weighted by atomic mass is 10.3. The van der Waals surface area contributed by atoms with E-state index in [0.717, 1.165) is 6.07 Å².